The summed E-state index contributed by atoms with van der Waals surface area (Å²) in [7, 11) is 0. The van der Waals surface area contributed by atoms with Gasteiger partial charge in [-0.05, 0) is 56.0 Å². The fraction of sp³-hybridized carbons (Fsp3) is 0.333. The minimum absolute atomic E-state index is 0.0352. The van der Waals surface area contributed by atoms with E-state index >= 15 is 0 Å². The van der Waals surface area contributed by atoms with Crippen molar-refractivity contribution in [3.05, 3.63) is 58.6 Å². The molecule has 2 aromatic carbocycles. The van der Waals surface area contributed by atoms with Crippen LogP contribution in [0.2, 0.25) is 5.02 Å². The predicted octanol–water partition coefficient (Wildman–Crippen LogP) is 4.84. The van der Waals surface area contributed by atoms with Crippen molar-refractivity contribution in [1.82, 2.24) is 4.90 Å². The standard InChI is InChI=1S/C21H24ClN3O2/c1-14-12-15(2)19(18(22)13-14)24-20(26)16-8-10-25(11-9-16)21(27)23-17-6-4-3-5-7-17/h3-7,12-13,16H,8-11H2,1-2H3,(H,23,27)(H,24,26). The first-order valence-electron chi connectivity index (χ1n) is 9.12. The molecule has 3 amide bonds. The molecule has 0 saturated carbocycles. The zero-order chi connectivity index (χ0) is 19.4. The van der Waals surface area contributed by atoms with E-state index in [1.54, 1.807) is 4.90 Å². The molecule has 1 heterocycles. The van der Waals surface area contributed by atoms with Gasteiger partial charge in [-0.3, -0.25) is 4.79 Å². The fourth-order valence-electron chi connectivity index (χ4n) is 3.37. The maximum Gasteiger partial charge on any atom is 0.321 e. The molecule has 0 aromatic heterocycles. The Labute approximate surface area is 164 Å². The van der Waals surface area contributed by atoms with Gasteiger partial charge in [0, 0.05) is 24.7 Å². The van der Waals surface area contributed by atoms with Crippen molar-refractivity contribution in [3.8, 4) is 0 Å². The molecule has 1 fully saturated rings. The largest absolute Gasteiger partial charge is 0.324 e. The molecule has 1 saturated heterocycles. The lowest BCUT2D eigenvalue weighted by molar-refractivity contribution is -0.121. The van der Waals surface area contributed by atoms with Crippen LogP contribution in [0.1, 0.15) is 24.0 Å². The fourth-order valence-corrected chi connectivity index (χ4v) is 3.74. The number of halogens is 1. The number of anilines is 2. The number of rotatable bonds is 3. The normalized spacial score (nSPS) is 14.7. The Morgan fingerprint density at radius 2 is 1.70 bits per heavy atom. The Kier molecular flexibility index (Phi) is 6.01. The Morgan fingerprint density at radius 1 is 1.04 bits per heavy atom. The van der Waals surface area contributed by atoms with Crippen molar-refractivity contribution in [2.75, 3.05) is 23.7 Å². The summed E-state index contributed by atoms with van der Waals surface area (Å²) in [6, 6.07) is 13.1. The van der Waals surface area contributed by atoms with Gasteiger partial charge in [-0.25, -0.2) is 4.79 Å². The number of benzene rings is 2. The highest BCUT2D eigenvalue weighted by molar-refractivity contribution is 6.34. The molecule has 0 aliphatic carbocycles. The molecule has 0 unspecified atom stereocenters. The smallest absolute Gasteiger partial charge is 0.321 e. The van der Waals surface area contributed by atoms with E-state index in [9.17, 15) is 9.59 Å². The van der Waals surface area contributed by atoms with E-state index in [0.717, 1.165) is 16.8 Å². The van der Waals surface area contributed by atoms with Gasteiger partial charge in [-0.15, -0.1) is 0 Å². The van der Waals surface area contributed by atoms with Crippen LogP contribution < -0.4 is 10.6 Å². The number of hydrogen-bond acceptors (Lipinski definition) is 2. The lowest BCUT2D eigenvalue weighted by Gasteiger charge is -2.31. The first-order chi connectivity index (χ1) is 12.9. The summed E-state index contributed by atoms with van der Waals surface area (Å²) in [6.07, 6.45) is 1.27. The minimum atomic E-state index is -0.127. The van der Waals surface area contributed by atoms with Gasteiger partial charge in [-0.2, -0.15) is 0 Å². The van der Waals surface area contributed by atoms with E-state index in [4.69, 9.17) is 11.6 Å². The van der Waals surface area contributed by atoms with Crippen LogP contribution in [0.3, 0.4) is 0 Å². The van der Waals surface area contributed by atoms with E-state index < -0.39 is 0 Å². The molecule has 142 valence electrons. The Bertz CT molecular complexity index is 808. The summed E-state index contributed by atoms with van der Waals surface area (Å²) in [5.74, 6) is -0.158. The molecule has 3 rings (SSSR count). The van der Waals surface area contributed by atoms with Gasteiger partial charge in [-0.1, -0.05) is 35.9 Å². The van der Waals surface area contributed by atoms with Crippen LogP contribution in [0.15, 0.2) is 42.5 Å². The van der Waals surface area contributed by atoms with Gasteiger partial charge in [0.1, 0.15) is 0 Å². The van der Waals surface area contributed by atoms with Gasteiger partial charge in [0.25, 0.3) is 0 Å². The number of para-hydroxylation sites is 1. The monoisotopic (exact) mass is 385 g/mol. The van der Waals surface area contributed by atoms with Crippen LogP contribution in [0.25, 0.3) is 0 Å². The van der Waals surface area contributed by atoms with Crippen molar-refractivity contribution in [3.63, 3.8) is 0 Å². The molecular weight excluding hydrogens is 362 g/mol. The van der Waals surface area contributed by atoms with Gasteiger partial charge in [0.15, 0.2) is 0 Å². The average molecular weight is 386 g/mol. The zero-order valence-corrected chi connectivity index (χ0v) is 16.3. The van der Waals surface area contributed by atoms with Crippen LogP contribution in [0, 0.1) is 19.8 Å². The highest BCUT2D eigenvalue weighted by Gasteiger charge is 2.28. The second kappa shape index (κ2) is 8.44. The van der Waals surface area contributed by atoms with Gasteiger partial charge in [0.2, 0.25) is 5.91 Å². The van der Waals surface area contributed by atoms with Gasteiger partial charge >= 0.3 is 6.03 Å². The summed E-state index contributed by atoms with van der Waals surface area (Å²) in [6.45, 7) is 5.01. The molecule has 2 N–H and O–H groups in total. The quantitative estimate of drug-likeness (QED) is 0.794. The summed E-state index contributed by atoms with van der Waals surface area (Å²) >= 11 is 6.28. The molecule has 0 atom stereocenters. The summed E-state index contributed by atoms with van der Waals surface area (Å²) in [4.78, 5) is 26.7. The molecule has 2 aromatic rings. The van der Waals surface area contributed by atoms with Gasteiger partial charge < -0.3 is 15.5 Å². The maximum absolute atomic E-state index is 12.6. The zero-order valence-electron chi connectivity index (χ0n) is 15.6. The van der Waals surface area contributed by atoms with Gasteiger partial charge in [0.05, 0.1) is 10.7 Å². The molecule has 27 heavy (non-hydrogen) atoms. The number of urea groups is 1. The Hall–Kier alpha value is -2.53. The summed E-state index contributed by atoms with van der Waals surface area (Å²) < 4.78 is 0. The second-order valence-electron chi connectivity index (χ2n) is 6.99. The van der Waals surface area contributed by atoms with Crippen LogP contribution in [-0.2, 0) is 4.79 Å². The third kappa shape index (κ3) is 4.80. The molecule has 1 aliphatic rings. The SMILES string of the molecule is Cc1cc(C)c(NC(=O)C2CCN(C(=O)Nc3ccccc3)CC2)c(Cl)c1. The lowest BCUT2D eigenvalue weighted by Crippen LogP contribution is -2.43. The lowest BCUT2D eigenvalue weighted by atomic mass is 9.95. The number of likely N-dealkylation sites (tertiary alicyclic amines) is 1. The molecule has 6 heteroatoms. The van der Waals surface area contributed by atoms with Crippen LogP contribution in [0.5, 0.6) is 0 Å². The molecule has 1 aliphatic heterocycles. The van der Waals surface area contributed by atoms with Crippen molar-refractivity contribution < 1.29 is 9.59 Å². The van der Waals surface area contributed by atoms with Crippen molar-refractivity contribution >= 4 is 34.9 Å². The summed E-state index contributed by atoms with van der Waals surface area (Å²) in [5.41, 5.74) is 3.46. The number of nitrogens with one attached hydrogen (secondary N) is 2. The first-order valence-corrected chi connectivity index (χ1v) is 9.50. The van der Waals surface area contributed by atoms with Crippen molar-refractivity contribution in [2.24, 2.45) is 5.92 Å². The van der Waals surface area contributed by atoms with E-state index in [-0.39, 0.29) is 17.9 Å². The third-order valence-electron chi connectivity index (χ3n) is 4.86. The van der Waals surface area contributed by atoms with Crippen molar-refractivity contribution in [1.29, 1.82) is 0 Å². The molecule has 0 spiro atoms. The number of amides is 3. The number of carbonyl (C=O) groups is 2. The van der Waals surface area contributed by atoms with E-state index in [2.05, 4.69) is 10.6 Å². The Morgan fingerprint density at radius 3 is 2.33 bits per heavy atom. The number of aryl methyl sites for hydroxylation is 2. The summed E-state index contributed by atoms with van der Waals surface area (Å²) in [5, 5.41) is 6.41. The number of hydrogen-bond donors (Lipinski definition) is 2. The Balaban J connectivity index is 1.54. The first kappa shape index (κ1) is 19.2. The predicted molar refractivity (Wildman–Crippen MR) is 109 cm³/mol. The van der Waals surface area contributed by atoms with Crippen molar-refractivity contribution in [2.45, 2.75) is 26.7 Å². The van der Waals surface area contributed by atoms with E-state index in [1.165, 1.54) is 0 Å². The highest BCUT2D eigenvalue weighted by Crippen LogP contribution is 2.29. The minimum Gasteiger partial charge on any atom is -0.324 e. The number of nitrogens with zero attached hydrogens (tertiary/aromatic N) is 1. The molecular formula is C21H24ClN3O2. The highest BCUT2D eigenvalue weighted by atomic mass is 35.5. The molecule has 0 radical (unpaired) electrons. The molecule has 0 bridgehead atoms. The second-order valence-corrected chi connectivity index (χ2v) is 7.39. The van der Waals surface area contributed by atoms with E-state index in [1.807, 2.05) is 56.3 Å². The topological polar surface area (TPSA) is 61.4 Å². The van der Waals surface area contributed by atoms with Crippen LogP contribution >= 0.6 is 11.6 Å². The van der Waals surface area contributed by atoms with Crippen LogP contribution in [-0.4, -0.2) is 29.9 Å². The maximum atomic E-state index is 12.6. The van der Waals surface area contributed by atoms with E-state index in [0.29, 0.717) is 36.6 Å². The number of piperidine rings is 1. The molecule has 5 nitrogen and oxygen atoms in total. The number of carbonyl (C=O) groups excluding carboxylic acids is 2. The third-order valence-corrected chi connectivity index (χ3v) is 5.16. The average Bonchev–Trinajstić information content (AvgIpc) is 2.65. The van der Waals surface area contributed by atoms with Crippen LogP contribution in [0.4, 0.5) is 16.2 Å².